The summed E-state index contributed by atoms with van der Waals surface area (Å²) in [6.07, 6.45) is 1.41. The van der Waals surface area contributed by atoms with Gasteiger partial charge in [0.25, 0.3) is 11.6 Å². The average Bonchev–Trinajstić information content (AvgIpc) is 3.05. The van der Waals surface area contributed by atoms with Crippen molar-refractivity contribution < 1.29 is 18.8 Å². The molecule has 1 aromatic heterocycles. The first-order valence-electron chi connectivity index (χ1n) is 9.45. The number of nitriles is 1. The van der Waals surface area contributed by atoms with E-state index in [1.807, 2.05) is 24.5 Å². The lowest BCUT2D eigenvalue weighted by Gasteiger charge is -2.09. The summed E-state index contributed by atoms with van der Waals surface area (Å²) in [5, 5.41) is 23.3. The normalized spacial score (nSPS) is 11.0. The second kappa shape index (κ2) is 9.14. The van der Waals surface area contributed by atoms with Crippen LogP contribution in [0.25, 0.3) is 11.8 Å². The van der Waals surface area contributed by atoms with E-state index in [-0.39, 0.29) is 28.5 Å². The van der Waals surface area contributed by atoms with E-state index in [1.165, 1.54) is 43.5 Å². The quantitative estimate of drug-likeness (QED) is 0.262. The molecule has 0 saturated heterocycles. The standard InChI is InChI=1S/C23H19FN4O4/c1-14-10-16(15(2)27(14)19-6-4-18(24)5-7-19)11-17(13-25)23(29)26-21-9-8-20(32-3)12-22(21)28(30)31/h4-12H,1-3H3,(H,26,29)/b17-11+. The summed E-state index contributed by atoms with van der Waals surface area (Å²) in [5.41, 5.74) is 2.27. The summed E-state index contributed by atoms with van der Waals surface area (Å²) in [5.74, 6) is -0.876. The first-order chi connectivity index (χ1) is 15.2. The number of nitrogens with zero attached hydrogens (tertiary/aromatic N) is 3. The lowest BCUT2D eigenvalue weighted by Crippen LogP contribution is -2.14. The minimum Gasteiger partial charge on any atom is -0.496 e. The fourth-order valence-electron chi connectivity index (χ4n) is 3.31. The molecule has 32 heavy (non-hydrogen) atoms. The molecule has 0 fully saturated rings. The molecule has 0 radical (unpaired) electrons. The molecule has 0 unspecified atom stereocenters. The molecule has 0 spiro atoms. The number of carbonyl (C=O) groups excluding carboxylic acids is 1. The second-order valence-corrected chi connectivity index (χ2v) is 6.90. The van der Waals surface area contributed by atoms with Crippen LogP contribution in [0.5, 0.6) is 5.75 Å². The van der Waals surface area contributed by atoms with Gasteiger partial charge in [-0.15, -0.1) is 0 Å². The van der Waals surface area contributed by atoms with Gasteiger partial charge < -0.3 is 14.6 Å². The highest BCUT2D eigenvalue weighted by Gasteiger charge is 2.20. The number of amides is 1. The van der Waals surface area contributed by atoms with Crippen LogP contribution in [0.1, 0.15) is 17.0 Å². The van der Waals surface area contributed by atoms with Gasteiger partial charge in [0.1, 0.15) is 28.9 Å². The Morgan fingerprint density at radius 1 is 1.22 bits per heavy atom. The molecule has 0 atom stereocenters. The monoisotopic (exact) mass is 434 g/mol. The highest BCUT2D eigenvalue weighted by atomic mass is 19.1. The topological polar surface area (TPSA) is 110 Å². The number of methoxy groups -OCH3 is 1. The third kappa shape index (κ3) is 4.49. The largest absolute Gasteiger partial charge is 0.496 e. The van der Waals surface area contributed by atoms with Crippen molar-refractivity contribution in [3.63, 3.8) is 0 Å². The highest BCUT2D eigenvalue weighted by Crippen LogP contribution is 2.29. The molecule has 0 bridgehead atoms. The Balaban J connectivity index is 1.94. The molecule has 1 N–H and O–H groups in total. The predicted octanol–water partition coefficient (Wildman–Crippen LogP) is 4.70. The number of benzene rings is 2. The minimum atomic E-state index is -0.785. The summed E-state index contributed by atoms with van der Waals surface area (Å²) < 4.78 is 20.1. The molecule has 0 aliphatic rings. The molecule has 1 amide bonds. The van der Waals surface area contributed by atoms with Gasteiger partial charge in [-0.25, -0.2) is 4.39 Å². The molecule has 162 valence electrons. The Morgan fingerprint density at radius 2 is 1.91 bits per heavy atom. The van der Waals surface area contributed by atoms with E-state index in [0.717, 1.165) is 17.1 Å². The first-order valence-corrected chi connectivity index (χ1v) is 9.45. The van der Waals surface area contributed by atoms with E-state index in [2.05, 4.69) is 5.32 Å². The zero-order chi connectivity index (χ0) is 23.4. The molecular formula is C23H19FN4O4. The Hall–Kier alpha value is -4.45. The van der Waals surface area contributed by atoms with Crippen molar-refractivity contribution in [1.82, 2.24) is 4.57 Å². The van der Waals surface area contributed by atoms with Crippen LogP contribution in [0.4, 0.5) is 15.8 Å². The first kappa shape index (κ1) is 22.2. The Bertz CT molecular complexity index is 1270. The van der Waals surface area contributed by atoms with Crippen molar-refractivity contribution in [3.05, 3.63) is 87.0 Å². The second-order valence-electron chi connectivity index (χ2n) is 6.90. The fourth-order valence-corrected chi connectivity index (χ4v) is 3.31. The number of aryl methyl sites for hydroxylation is 1. The number of carbonyl (C=O) groups is 1. The zero-order valence-corrected chi connectivity index (χ0v) is 17.5. The smallest absolute Gasteiger partial charge is 0.296 e. The third-order valence-electron chi connectivity index (χ3n) is 4.87. The van der Waals surface area contributed by atoms with E-state index in [0.29, 0.717) is 5.56 Å². The molecule has 0 aliphatic carbocycles. The maximum atomic E-state index is 13.3. The zero-order valence-electron chi connectivity index (χ0n) is 17.5. The van der Waals surface area contributed by atoms with Crippen molar-refractivity contribution in [1.29, 1.82) is 5.26 Å². The lowest BCUT2D eigenvalue weighted by atomic mass is 10.1. The van der Waals surface area contributed by atoms with Crippen molar-refractivity contribution in [2.45, 2.75) is 13.8 Å². The number of halogens is 1. The maximum absolute atomic E-state index is 13.3. The molecule has 8 nitrogen and oxygen atoms in total. The molecule has 2 aromatic carbocycles. The number of hydrogen-bond donors (Lipinski definition) is 1. The van der Waals surface area contributed by atoms with Gasteiger partial charge in [0, 0.05) is 17.1 Å². The number of hydrogen-bond acceptors (Lipinski definition) is 5. The van der Waals surface area contributed by atoms with Crippen LogP contribution in [-0.4, -0.2) is 22.5 Å². The molecule has 9 heteroatoms. The number of nitrogens with one attached hydrogen (secondary N) is 1. The molecule has 3 aromatic rings. The van der Waals surface area contributed by atoms with Gasteiger partial charge in [-0.05, 0) is 68.0 Å². The maximum Gasteiger partial charge on any atom is 0.296 e. The van der Waals surface area contributed by atoms with Crippen molar-refractivity contribution in [2.75, 3.05) is 12.4 Å². The summed E-state index contributed by atoms with van der Waals surface area (Å²) in [6, 6.07) is 13.6. The number of ether oxygens (including phenoxy) is 1. The summed E-state index contributed by atoms with van der Waals surface area (Å²) >= 11 is 0. The lowest BCUT2D eigenvalue weighted by molar-refractivity contribution is -0.384. The van der Waals surface area contributed by atoms with Gasteiger partial charge in [0.15, 0.2) is 0 Å². The number of anilines is 1. The number of nitro groups is 1. The van der Waals surface area contributed by atoms with Crippen LogP contribution in [0, 0.1) is 41.1 Å². The average molecular weight is 434 g/mol. The third-order valence-corrected chi connectivity index (χ3v) is 4.87. The van der Waals surface area contributed by atoms with E-state index >= 15 is 0 Å². The minimum absolute atomic E-state index is 0.0567. The molecular weight excluding hydrogens is 415 g/mol. The van der Waals surface area contributed by atoms with Crippen LogP contribution in [0.3, 0.4) is 0 Å². The summed E-state index contributed by atoms with van der Waals surface area (Å²) in [7, 11) is 1.37. The van der Waals surface area contributed by atoms with Crippen LogP contribution < -0.4 is 10.1 Å². The van der Waals surface area contributed by atoms with Crippen molar-refractivity contribution in [3.8, 4) is 17.5 Å². The Morgan fingerprint density at radius 3 is 2.50 bits per heavy atom. The molecule has 0 saturated carbocycles. The summed E-state index contributed by atoms with van der Waals surface area (Å²) in [4.78, 5) is 23.4. The van der Waals surface area contributed by atoms with E-state index in [9.17, 15) is 24.6 Å². The van der Waals surface area contributed by atoms with Crippen LogP contribution in [0.15, 0.2) is 54.1 Å². The number of nitro benzene ring substituents is 1. The van der Waals surface area contributed by atoms with Gasteiger partial charge in [0.2, 0.25) is 0 Å². The van der Waals surface area contributed by atoms with Crippen molar-refractivity contribution >= 4 is 23.4 Å². The van der Waals surface area contributed by atoms with Gasteiger partial charge in [-0.2, -0.15) is 5.26 Å². The SMILES string of the molecule is COc1ccc(NC(=O)/C(C#N)=C/c2cc(C)n(-c3ccc(F)cc3)c2C)c([N+](=O)[O-])c1. The van der Waals surface area contributed by atoms with Crippen molar-refractivity contribution in [2.24, 2.45) is 0 Å². The Labute approximate surface area is 183 Å². The number of aromatic nitrogens is 1. The summed E-state index contributed by atoms with van der Waals surface area (Å²) in [6.45, 7) is 3.66. The van der Waals surface area contributed by atoms with Gasteiger partial charge in [0.05, 0.1) is 18.1 Å². The fraction of sp³-hybridized carbons (Fsp3) is 0.130. The Kier molecular flexibility index (Phi) is 6.35. The van der Waals surface area contributed by atoms with Gasteiger partial charge >= 0.3 is 0 Å². The molecule has 3 rings (SSSR count). The van der Waals surface area contributed by atoms with Crippen LogP contribution in [-0.2, 0) is 4.79 Å². The molecule has 0 aliphatic heterocycles. The van der Waals surface area contributed by atoms with Crippen LogP contribution in [0.2, 0.25) is 0 Å². The van der Waals surface area contributed by atoms with Gasteiger partial charge in [-0.3, -0.25) is 14.9 Å². The highest BCUT2D eigenvalue weighted by molar-refractivity contribution is 6.10. The van der Waals surface area contributed by atoms with E-state index in [1.54, 1.807) is 18.2 Å². The molecule has 1 heterocycles. The van der Waals surface area contributed by atoms with Gasteiger partial charge in [-0.1, -0.05) is 0 Å². The number of rotatable bonds is 6. The van der Waals surface area contributed by atoms with E-state index < -0.39 is 10.8 Å². The van der Waals surface area contributed by atoms with Crippen LogP contribution >= 0.6 is 0 Å². The predicted molar refractivity (Wildman–Crippen MR) is 117 cm³/mol. The van der Waals surface area contributed by atoms with E-state index in [4.69, 9.17) is 4.74 Å².